The van der Waals surface area contributed by atoms with Crippen LogP contribution in [0, 0.1) is 0 Å². The Balaban J connectivity index is 1.58. The van der Waals surface area contributed by atoms with Crippen LogP contribution in [-0.2, 0) is 9.71 Å². The van der Waals surface area contributed by atoms with Gasteiger partial charge in [-0.2, -0.15) is 0 Å². The number of fused-ring (bicyclic) bond motifs is 1. The first-order valence-electron chi connectivity index (χ1n) is 7.68. The molecule has 0 spiro atoms. The highest BCUT2D eigenvalue weighted by atomic mass is 32.2. The molecule has 2 N–H and O–H groups in total. The molecule has 0 saturated carbocycles. The molecule has 0 aliphatic rings. The van der Waals surface area contributed by atoms with E-state index in [0.29, 0.717) is 17.5 Å². The Bertz CT molecular complexity index is 1180. The second kappa shape index (κ2) is 6.19. The molecule has 8 nitrogen and oxygen atoms in total. The molecular formula is C17H16N6O2S. The van der Waals surface area contributed by atoms with Crippen LogP contribution in [0.15, 0.2) is 59.7 Å². The molecule has 3 aromatic heterocycles. The zero-order valence-corrected chi connectivity index (χ0v) is 14.7. The van der Waals surface area contributed by atoms with Gasteiger partial charge in [0.1, 0.15) is 5.69 Å². The van der Waals surface area contributed by atoms with E-state index < -0.39 is 9.71 Å². The summed E-state index contributed by atoms with van der Waals surface area (Å²) < 4.78 is 22.3. The van der Waals surface area contributed by atoms with Crippen LogP contribution in [0.1, 0.15) is 0 Å². The Morgan fingerprint density at radius 2 is 2.04 bits per heavy atom. The van der Waals surface area contributed by atoms with E-state index in [1.54, 1.807) is 37.1 Å². The van der Waals surface area contributed by atoms with Gasteiger partial charge in [0, 0.05) is 39.7 Å². The van der Waals surface area contributed by atoms with E-state index in [9.17, 15) is 4.21 Å². The lowest BCUT2D eigenvalue weighted by molar-refractivity contribution is 0.589. The topological polar surface area (TPSA) is 97.3 Å². The molecule has 0 aliphatic carbocycles. The highest BCUT2D eigenvalue weighted by Gasteiger charge is 2.12. The van der Waals surface area contributed by atoms with Gasteiger partial charge in [-0.05, 0) is 24.1 Å². The number of anilines is 3. The first kappa shape index (κ1) is 16.2. The van der Waals surface area contributed by atoms with Crippen LogP contribution in [0.3, 0.4) is 0 Å². The number of rotatable bonds is 5. The minimum Gasteiger partial charge on any atom is -0.422 e. The van der Waals surface area contributed by atoms with Gasteiger partial charge in [-0.25, -0.2) is 14.2 Å². The molecule has 4 rings (SSSR count). The van der Waals surface area contributed by atoms with Crippen molar-refractivity contribution in [3.8, 4) is 11.5 Å². The highest BCUT2D eigenvalue weighted by molar-refractivity contribution is 8.00. The van der Waals surface area contributed by atoms with Gasteiger partial charge < -0.3 is 14.5 Å². The molecule has 0 bridgehead atoms. The van der Waals surface area contributed by atoms with E-state index in [4.69, 9.17) is 4.42 Å². The second-order valence-corrected chi connectivity index (χ2v) is 8.00. The summed E-state index contributed by atoms with van der Waals surface area (Å²) in [6.45, 7) is 0. The zero-order valence-electron chi connectivity index (χ0n) is 13.9. The number of imidazole rings is 1. The predicted molar refractivity (Wildman–Crippen MR) is 103 cm³/mol. The molecule has 1 atom stereocenters. The number of benzene rings is 1. The SMILES string of the molecule is C=S(C)(=O)Nc1cccc(Nc2ncc(-c3cnc4cnccn34)o2)c1. The molecule has 0 fully saturated rings. The van der Waals surface area contributed by atoms with E-state index in [0.717, 1.165) is 17.0 Å². The van der Waals surface area contributed by atoms with Crippen molar-refractivity contribution < 1.29 is 8.63 Å². The van der Waals surface area contributed by atoms with Gasteiger partial charge >= 0.3 is 0 Å². The maximum atomic E-state index is 11.8. The smallest absolute Gasteiger partial charge is 0.299 e. The Kier molecular flexibility index (Phi) is 3.85. The molecule has 1 unspecified atom stereocenters. The van der Waals surface area contributed by atoms with Crippen molar-refractivity contribution in [3.63, 3.8) is 0 Å². The fraction of sp³-hybridized carbons (Fsp3) is 0.0588. The van der Waals surface area contributed by atoms with E-state index in [2.05, 4.69) is 30.9 Å². The highest BCUT2D eigenvalue weighted by Crippen LogP contribution is 2.26. The molecule has 0 amide bonds. The van der Waals surface area contributed by atoms with Gasteiger partial charge in [-0.3, -0.25) is 9.38 Å². The van der Waals surface area contributed by atoms with Crippen LogP contribution in [-0.4, -0.2) is 35.7 Å². The molecule has 4 aromatic rings. The molecule has 0 radical (unpaired) electrons. The summed E-state index contributed by atoms with van der Waals surface area (Å²) in [7, 11) is -2.34. The van der Waals surface area contributed by atoms with Crippen molar-refractivity contribution in [2.75, 3.05) is 16.3 Å². The van der Waals surface area contributed by atoms with Crippen molar-refractivity contribution in [3.05, 3.63) is 55.2 Å². The average molecular weight is 368 g/mol. The summed E-state index contributed by atoms with van der Waals surface area (Å²) in [4.78, 5) is 12.6. The van der Waals surface area contributed by atoms with Gasteiger partial charge in [-0.1, -0.05) is 6.07 Å². The molecule has 0 aliphatic heterocycles. The quantitative estimate of drug-likeness (QED) is 0.526. The van der Waals surface area contributed by atoms with Gasteiger partial charge in [0.2, 0.25) is 0 Å². The van der Waals surface area contributed by atoms with E-state index >= 15 is 0 Å². The number of hydrogen-bond acceptors (Lipinski definition) is 6. The van der Waals surface area contributed by atoms with Crippen LogP contribution < -0.4 is 10.0 Å². The maximum absolute atomic E-state index is 11.8. The lowest BCUT2D eigenvalue weighted by Gasteiger charge is -2.09. The maximum Gasteiger partial charge on any atom is 0.299 e. The fourth-order valence-electron chi connectivity index (χ4n) is 2.51. The van der Waals surface area contributed by atoms with Crippen LogP contribution in [0.4, 0.5) is 17.4 Å². The molecule has 26 heavy (non-hydrogen) atoms. The minimum atomic E-state index is -2.34. The number of hydrogen-bond donors (Lipinski definition) is 2. The Labute approximate surface area is 150 Å². The standard InChI is InChI=1S/C17H16N6O2S/c1-26(2,24)22-13-5-3-4-12(8-13)21-17-20-10-15(25-17)14-9-19-16-11-18-6-7-23(14)16/h3-11H,1H2,2H3,(H,20,21)(H,22,24). The zero-order chi connectivity index (χ0) is 18.1. The van der Waals surface area contributed by atoms with Crippen LogP contribution in [0.25, 0.3) is 17.1 Å². The van der Waals surface area contributed by atoms with Crippen molar-refractivity contribution in [1.82, 2.24) is 19.4 Å². The molecule has 9 heteroatoms. The number of nitrogens with zero attached hydrogens (tertiary/aromatic N) is 4. The lowest BCUT2D eigenvalue weighted by atomic mass is 10.3. The summed E-state index contributed by atoms with van der Waals surface area (Å²) in [5.74, 6) is 4.17. The van der Waals surface area contributed by atoms with Crippen molar-refractivity contribution in [2.45, 2.75) is 0 Å². The first-order valence-corrected chi connectivity index (χ1v) is 9.82. The predicted octanol–water partition coefficient (Wildman–Crippen LogP) is 2.80. The van der Waals surface area contributed by atoms with Crippen LogP contribution >= 0.6 is 0 Å². The van der Waals surface area contributed by atoms with Crippen molar-refractivity contribution in [1.29, 1.82) is 0 Å². The first-order chi connectivity index (χ1) is 12.5. The molecular weight excluding hydrogens is 352 g/mol. The second-order valence-electron chi connectivity index (χ2n) is 5.79. The van der Waals surface area contributed by atoms with Crippen LogP contribution in [0.2, 0.25) is 0 Å². The van der Waals surface area contributed by atoms with Crippen molar-refractivity contribution in [2.24, 2.45) is 0 Å². The van der Waals surface area contributed by atoms with Gasteiger partial charge in [0.15, 0.2) is 11.4 Å². The largest absolute Gasteiger partial charge is 0.422 e. The summed E-state index contributed by atoms with van der Waals surface area (Å²) in [5.41, 5.74) is 2.94. The Hall–Kier alpha value is -3.33. The third-order valence-corrected chi connectivity index (χ3v) is 4.19. The third-order valence-electron chi connectivity index (χ3n) is 3.52. The van der Waals surface area contributed by atoms with Gasteiger partial charge in [-0.15, -0.1) is 0 Å². The molecule has 132 valence electrons. The summed E-state index contributed by atoms with van der Waals surface area (Å²) in [6, 6.07) is 7.64. The monoisotopic (exact) mass is 368 g/mol. The summed E-state index contributed by atoms with van der Waals surface area (Å²) in [5, 5.41) is 3.09. The number of nitrogens with one attached hydrogen (secondary N) is 2. The van der Waals surface area contributed by atoms with E-state index in [1.807, 2.05) is 28.8 Å². The minimum absolute atomic E-state index is 0.341. The van der Waals surface area contributed by atoms with E-state index in [-0.39, 0.29) is 0 Å². The fourth-order valence-corrected chi connectivity index (χ4v) is 3.13. The molecule has 3 heterocycles. The Morgan fingerprint density at radius 3 is 2.88 bits per heavy atom. The van der Waals surface area contributed by atoms with Gasteiger partial charge in [0.05, 0.1) is 18.6 Å². The van der Waals surface area contributed by atoms with E-state index in [1.165, 1.54) is 0 Å². The molecule has 1 aromatic carbocycles. The summed E-state index contributed by atoms with van der Waals surface area (Å²) >= 11 is 0. The van der Waals surface area contributed by atoms with Crippen LogP contribution in [0.5, 0.6) is 0 Å². The van der Waals surface area contributed by atoms with Crippen molar-refractivity contribution >= 4 is 38.6 Å². The number of oxazole rings is 1. The van der Waals surface area contributed by atoms with Gasteiger partial charge in [0.25, 0.3) is 6.01 Å². The summed E-state index contributed by atoms with van der Waals surface area (Å²) in [6.07, 6.45) is 10.0. The number of aromatic nitrogens is 4. The third kappa shape index (κ3) is 3.38. The lowest BCUT2D eigenvalue weighted by Crippen LogP contribution is -2.09. The molecule has 0 saturated heterocycles. The Morgan fingerprint density at radius 1 is 1.19 bits per heavy atom. The average Bonchev–Trinajstić information content (AvgIpc) is 3.20. The normalized spacial score (nSPS) is 13.4.